The Morgan fingerprint density at radius 3 is 2.29 bits per heavy atom. The number of allylic oxidation sites excluding steroid dienone is 8. The van der Waals surface area contributed by atoms with Crippen molar-refractivity contribution < 1.29 is 24.2 Å². The Bertz CT molecular complexity index is 1040. The first-order valence-electron chi connectivity index (χ1n) is 12.0. The fourth-order valence-electron chi connectivity index (χ4n) is 5.45. The first-order valence-corrected chi connectivity index (χ1v) is 12.0. The molecule has 1 saturated heterocycles. The maximum Gasteiger partial charge on any atom is 0.320 e. The molecule has 1 N–H and O–H groups in total. The molecule has 0 aromatic heterocycles. The average molecular weight is 467 g/mol. The molecule has 2 aliphatic heterocycles. The van der Waals surface area contributed by atoms with Crippen molar-refractivity contribution in [1.82, 2.24) is 0 Å². The number of hydrogen-bond acceptors (Lipinski definition) is 5. The van der Waals surface area contributed by atoms with E-state index in [0.29, 0.717) is 0 Å². The number of fused-ring (bicyclic) bond motifs is 2. The summed E-state index contributed by atoms with van der Waals surface area (Å²) in [5.74, 6) is -0.715. The van der Waals surface area contributed by atoms with Gasteiger partial charge in [0.05, 0.1) is 18.1 Å². The van der Waals surface area contributed by atoms with E-state index in [2.05, 4.69) is 0 Å². The number of ether oxygens (including phenoxy) is 2. The fourth-order valence-corrected chi connectivity index (χ4v) is 5.45. The number of esters is 1. The Morgan fingerprint density at radius 1 is 1.03 bits per heavy atom. The lowest BCUT2D eigenvalue weighted by Gasteiger charge is -2.37. The zero-order chi connectivity index (χ0) is 25.5. The quantitative estimate of drug-likeness (QED) is 0.252. The lowest BCUT2D eigenvalue weighted by atomic mass is 9.68. The third-order valence-corrected chi connectivity index (χ3v) is 7.87. The van der Waals surface area contributed by atoms with E-state index in [0.717, 1.165) is 16.7 Å². The van der Waals surface area contributed by atoms with Crippen molar-refractivity contribution in [1.29, 1.82) is 0 Å². The smallest absolute Gasteiger partial charge is 0.320 e. The van der Waals surface area contributed by atoms with Crippen molar-refractivity contribution in [3.63, 3.8) is 0 Å². The third kappa shape index (κ3) is 4.32. The van der Waals surface area contributed by atoms with Gasteiger partial charge in [-0.25, -0.2) is 0 Å². The highest BCUT2D eigenvalue weighted by atomic mass is 16.6. The van der Waals surface area contributed by atoms with Gasteiger partial charge in [-0.1, -0.05) is 68.0 Å². The summed E-state index contributed by atoms with van der Waals surface area (Å²) in [5, 5.41) is 10.3. The second-order valence-electron chi connectivity index (χ2n) is 10.6. The van der Waals surface area contributed by atoms with Crippen LogP contribution < -0.4 is 0 Å². The Morgan fingerprint density at radius 2 is 1.65 bits per heavy atom. The van der Waals surface area contributed by atoms with Gasteiger partial charge in [-0.05, 0) is 58.8 Å². The lowest BCUT2D eigenvalue weighted by molar-refractivity contribution is -0.161. The molecule has 5 heteroatoms. The molecule has 3 rings (SSSR count). The van der Waals surface area contributed by atoms with Gasteiger partial charge in [0.25, 0.3) is 0 Å². The van der Waals surface area contributed by atoms with Gasteiger partial charge in [0.1, 0.15) is 17.1 Å². The van der Waals surface area contributed by atoms with Gasteiger partial charge in [0.2, 0.25) is 0 Å². The molecule has 3 aliphatic rings. The summed E-state index contributed by atoms with van der Waals surface area (Å²) in [7, 11) is 0. The van der Waals surface area contributed by atoms with Gasteiger partial charge in [0, 0.05) is 5.41 Å². The molecule has 7 atom stereocenters. The highest BCUT2D eigenvalue weighted by Crippen LogP contribution is 2.61. The van der Waals surface area contributed by atoms with Crippen LogP contribution in [0.1, 0.15) is 55.4 Å². The first kappa shape index (κ1) is 26.1. The van der Waals surface area contributed by atoms with Crippen molar-refractivity contribution in [3.8, 4) is 0 Å². The zero-order valence-electron chi connectivity index (χ0n) is 21.6. The van der Waals surface area contributed by atoms with Gasteiger partial charge in [0.15, 0.2) is 5.78 Å². The van der Waals surface area contributed by atoms with E-state index < -0.39 is 28.5 Å². The summed E-state index contributed by atoms with van der Waals surface area (Å²) in [6.07, 6.45) is 16.8. The largest absolute Gasteiger partial charge is 0.460 e. The Hall–Kier alpha value is -2.50. The van der Waals surface area contributed by atoms with E-state index in [1.807, 2.05) is 96.2 Å². The van der Waals surface area contributed by atoms with E-state index in [9.17, 15) is 14.7 Å². The van der Waals surface area contributed by atoms with Crippen LogP contribution in [0.5, 0.6) is 0 Å². The van der Waals surface area contributed by atoms with E-state index in [4.69, 9.17) is 9.47 Å². The summed E-state index contributed by atoms with van der Waals surface area (Å²) in [4.78, 5) is 25.0. The Kier molecular flexibility index (Phi) is 7.12. The molecule has 0 aromatic rings. The summed E-state index contributed by atoms with van der Waals surface area (Å²) < 4.78 is 11.5. The molecule has 2 fully saturated rings. The van der Waals surface area contributed by atoms with E-state index in [1.165, 1.54) is 0 Å². The molecule has 0 amide bonds. The highest BCUT2D eigenvalue weighted by Gasteiger charge is 2.73. The molecule has 0 aromatic carbocycles. The molecular weight excluding hydrogens is 428 g/mol. The summed E-state index contributed by atoms with van der Waals surface area (Å²) in [6, 6.07) is 0. The van der Waals surface area contributed by atoms with Crippen molar-refractivity contribution in [3.05, 3.63) is 71.4 Å². The molecule has 0 radical (unpaired) electrons. The second-order valence-corrected chi connectivity index (χ2v) is 10.6. The van der Waals surface area contributed by atoms with Crippen LogP contribution in [0.2, 0.25) is 0 Å². The van der Waals surface area contributed by atoms with Crippen LogP contribution >= 0.6 is 0 Å². The molecule has 1 aliphatic carbocycles. The predicted molar refractivity (Wildman–Crippen MR) is 134 cm³/mol. The maximum atomic E-state index is 12.7. The molecule has 34 heavy (non-hydrogen) atoms. The summed E-state index contributed by atoms with van der Waals surface area (Å²) >= 11 is 0. The van der Waals surface area contributed by atoms with Crippen LogP contribution in [0.15, 0.2) is 71.4 Å². The molecule has 2 bridgehead atoms. The third-order valence-electron chi connectivity index (χ3n) is 7.87. The zero-order valence-corrected chi connectivity index (χ0v) is 21.6. The van der Waals surface area contributed by atoms with Gasteiger partial charge in [-0.2, -0.15) is 0 Å². The number of carbonyl (C=O) groups is 2. The van der Waals surface area contributed by atoms with Crippen molar-refractivity contribution >= 4 is 11.8 Å². The Balaban J connectivity index is 1.61. The summed E-state index contributed by atoms with van der Waals surface area (Å²) in [5.41, 5.74) is 0.361. The standard InChI is InChI=1S/C29H38O5/c1-18(16-27(6)25-21(4)24(30)29(27,8)26(31)34-25)14-12-10-9-11-13-15-19(2)23-20(3)17-28(7,32)22(5)33-23/h9-17,21-23,25,32H,1-8H3/b10-9+,13-11+,14-12+,18-16+,19-15+/t21-,22+,23+,25-,27+,28+,29-/m0/s1. The number of ketones is 1. The van der Waals surface area contributed by atoms with Gasteiger partial charge >= 0.3 is 5.97 Å². The predicted octanol–water partition coefficient (Wildman–Crippen LogP) is 5.19. The number of carbonyl (C=O) groups excluding carboxylic acids is 2. The van der Waals surface area contributed by atoms with Gasteiger partial charge in [-0.15, -0.1) is 0 Å². The van der Waals surface area contributed by atoms with Crippen molar-refractivity contribution in [2.45, 2.75) is 79.3 Å². The maximum absolute atomic E-state index is 12.7. The van der Waals surface area contributed by atoms with Crippen molar-refractivity contribution in [2.24, 2.45) is 16.7 Å². The van der Waals surface area contributed by atoms with Crippen LogP contribution in [0.4, 0.5) is 0 Å². The molecule has 184 valence electrons. The van der Waals surface area contributed by atoms with Crippen LogP contribution in [-0.4, -0.2) is 40.8 Å². The number of aliphatic hydroxyl groups is 1. The van der Waals surface area contributed by atoms with E-state index in [-0.39, 0.29) is 23.9 Å². The molecule has 1 saturated carbocycles. The highest BCUT2D eigenvalue weighted by molar-refractivity contribution is 6.10. The topological polar surface area (TPSA) is 72.8 Å². The van der Waals surface area contributed by atoms with E-state index in [1.54, 1.807) is 13.8 Å². The monoisotopic (exact) mass is 466 g/mol. The van der Waals surface area contributed by atoms with Crippen LogP contribution in [0.3, 0.4) is 0 Å². The van der Waals surface area contributed by atoms with Gasteiger partial charge in [-0.3, -0.25) is 9.59 Å². The number of rotatable bonds is 6. The number of Topliss-reactive ketones (excluding diaryl/α,β-unsaturated/α-hetero) is 1. The number of hydrogen-bond donors (Lipinski definition) is 1. The minimum absolute atomic E-state index is 0.0261. The molecule has 0 spiro atoms. The lowest BCUT2D eigenvalue weighted by Crippen LogP contribution is -2.44. The fraction of sp³-hybridized carbons (Fsp3) is 0.517. The Labute approximate surface area is 203 Å². The van der Waals surface area contributed by atoms with Crippen LogP contribution in [0.25, 0.3) is 0 Å². The minimum atomic E-state index is -1.11. The van der Waals surface area contributed by atoms with E-state index >= 15 is 0 Å². The van der Waals surface area contributed by atoms with Gasteiger partial charge < -0.3 is 14.6 Å². The molecule has 0 unspecified atom stereocenters. The molecular formula is C29H38O5. The minimum Gasteiger partial charge on any atom is -0.460 e. The van der Waals surface area contributed by atoms with Crippen LogP contribution in [-0.2, 0) is 19.1 Å². The molecule has 5 nitrogen and oxygen atoms in total. The average Bonchev–Trinajstić information content (AvgIpc) is 3.02. The first-order chi connectivity index (χ1) is 15.8. The van der Waals surface area contributed by atoms with Crippen LogP contribution in [0, 0.1) is 16.7 Å². The molecule has 2 heterocycles. The normalized spacial score (nSPS) is 41.3. The second kappa shape index (κ2) is 9.27. The van der Waals surface area contributed by atoms with Crippen molar-refractivity contribution in [2.75, 3.05) is 0 Å². The summed E-state index contributed by atoms with van der Waals surface area (Å²) in [6.45, 7) is 15.1. The SMILES string of the molecule is CC1=C[C@@](C)(O)[C@@H](C)O[C@@H]1/C(C)=C/C=C/C=C/C=C/C(C)=C/[C@]1(C)[C@H]2OC(=O)[C@]1(C)C(=O)[C@@H]2C.